The van der Waals surface area contributed by atoms with Crippen LogP contribution in [0.15, 0.2) is 23.1 Å². The first-order valence-electron chi connectivity index (χ1n) is 4.62. The van der Waals surface area contributed by atoms with Gasteiger partial charge >= 0.3 is 0 Å². The van der Waals surface area contributed by atoms with Crippen molar-refractivity contribution >= 4 is 12.6 Å². The number of thiol groups is 1. The molecule has 14 heavy (non-hydrogen) atoms. The second-order valence-electron chi connectivity index (χ2n) is 3.75. The van der Waals surface area contributed by atoms with Crippen molar-refractivity contribution in [2.24, 2.45) is 0 Å². The molecule has 1 N–H and O–H groups in total. The minimum absolute atomic E-state index is 0.212. The third-order valence-corrected chi connectivity index (χ3v) is 3.19. The Labute approximate surface area is 88.6 Å². The largest absolute Gasteiger partial charge is 0.508 e. The van der Waals surface area contributed by atoms with Crippen molar-refractivity contribution < 1.29 is 5.11 Å². The summed E-state index contributed by atoms with van der Waals surface area (Å²) in [6.45, 7) is 0. The molecule has 0 amide bonds. The molecule has 1 saturated carbocycles. The van der Waals surface area contributed by atoms with Crippen molar-refractivity contribution in [2.45, 2.75) is 29.6 Å². The van der Waals surface area contributed by atoms with Gasteiger partial charge in [0.15, 0.2) is 0 Å². The molecular weight excluding hydrogens is 194 g/mol. The molecule has 2 rings (SSSR count). The first-order chi connectivity index (χ1) is 6.68. The van der Waals surface area contributed by atoms with Crippen molar-refractivity contribution in [3.8, 4) is 11.8 Å². The Morgan fingerprint density at radius 3 is 2.64 bits per heavy atom. The summed E-state index contributed by atoms with van der Waals surface area (Å²) in [5.41, 5.74) is 0.279. The van der Waals surface area contributed by atoms with Gasteiger partial charge in [-0.15, -0.1) is 12.6 Å². The first-order valence-corrected chi connectivity index (χ1v) is 5.06. The fourth-order valence-electron chi connectivity index (χ4n) is 1.88. The zero-order valence-corrected chi connectivity index (χ0v) is 8.59. The molecule has 1 aliphatic carbocycles. The Bertz CT molecular complexity index is 404. The molecule has 0 radical (unpaired) electrons. The van der Waals surface area contributed by atoms with Crippen LogP contribution in [0.1, 0.15) is 24.8 Å². The normalized spacial score (nSPS) is 18.3. The van der Waals surface area contributed by atoms with E-state index in [4.69, 9.17) is 5.26 Å². The van der Waals surface area contributed by atoms with Crippen LogP contribution in [0.2, 0.25) is 0 Å². The summed E-state index contributed by atoms with van der Waals surface area (Å²) >= 11 is 4.21. The number of nitrogens with zero attached hydrogens (tertiary/aromatic N) is 1. The highest BCUT2D eigenvalue weighted by atomic mass is 32.1. The molecule has 0 heterocycles. The van der Waals surface area contributed by atoms with E-state index >= 15 is 0 Å². The molecule has 0 aliphatic heterocycles. The van der Waals surface area contributed by atoms with Crippen LogP contribution in [-0.4, -0.2) is 5.11 Å². The average Bonchev–Trinajstić information content (AvgIpc) is 2.10. The molecule has 0 spiro atoms. The zero-order chi connectivity index (χ0) is 10.2. The summed E-state index contributed by atoms with van der Waals surface area (Å²) in [5.74, 6) is 0.212. The van der Waals surface area contributed by atoms with E-state index in [9.17, 15) is 5.11 Å². The van der Waals surface area contributed by atoms with E-state index in [1.54, 1.807) is 18.2 Å². The lowest BCUT2D eigenvalue weighted by molar-refractivity contribution is 0.311. The fraction of sp³-hybridized carbons (Fsp3) is 0.364. The van der Waals surface area contributed by atoms with Crippen LogP contribution in [0.4, 0.5) is 0 Å². The SMILES string of the molecule is N#CC1(c2cc(S)ccc2O)CCC1. The fourth-order valence-corrected chi connectivity index (χ4v) is 2.08. The van der Waals surface area contributed by atoms with Gasteiger partial charge in [-0.3, -0.25) is 0 Å². The van der Waals surface area contributed by atoms with Gasteiger partial charge in [-0.2, -0.15) is 5.26 Å². The van der Waals surface area contributed by atoms with Gasteiger partial charge in [0.1, 0.15) is 5.75 Å². The van der Waals surface area contributed by atoms with Crippen LogP contribution in [0.5, 0.6) is 5.75 Å². The molecule has 0 unspecified atom stereocenters. The minimum atomic E-state index is -0.456. The molecule has 3 heteroatoms. The van der Waals surface area contributed by atoms with E-state index in [0.29, 0.717) is 0 Å². The van der Waals surface area contributed by atoms with Gasteiger partial charge in [0, 0.05) is 10.5 Å². The van der Waals surface area contributed by atoms with Gasteiger partial charge in [0.05, 0.1) is 11.5 Å². The van der Waals surface area contributed by atoms with Crippen molar-refractivity contribution in [2.75, 3.05) is 0 Å². The number of rotatable bonds is 1. The Morgan fingerprint density at radius 1 is 1.43 bits per heavy atom. The maximum absolute atomic E-state index is 9.68. The van der Waals surface area contributed by atoms with E-state index in [1.807, 2.05) is 0 Å². The van der Waals surface area contributed by atoms with Gasteiger partial charge in [-0.05, 0) is 37.5 Å². The highest BCUT2D eigenvalue weighted by Crippen LogP contribution is 2.46. The zero-order valence-electron chi connectivity index (χ0n) is 7.70. The number of nitriles is 1. The summed E-state index contributed by atoms with van der Waals surface area (Å²) in [6, 6.07) is 7.43. The molecule has 72 valence electrons. The topological polar surface area (TPSA) is 44.0 Å². The standard InChI is InChI=1S/C11H11NOS/c12-7-11(4-1-5-11)9-6-8(14)2-3-10(9)13/h2-3,6,13-14H,1,4-5H2. The molecule has 0 aromatic heterocycles. The molecular formula is C11H11NOS. The van der Waals surface area contributed by atoms with Gasteiger partial charge < -0.3 is 5.11 Å². The Morgan fingerprint density at radius 2 is 2.14 bits per heavy atom. The third-order valence-electron chi connectivity index (χ3n) is 2.92. The quantitative estimate of drug-likeness (QED) is 0.692. The summed E-state index contributed by atoms with van der Waals surface area (Å²) in [6.07, 6.45) is 2.74. The van der Waals surface area contributed by atoms with Crippen molar-refractivity contribution in [3.63, 3.8) is 0 Å². The van der Waals surface area contributed by atoms with E-state index in [1.165, 1.54) is 0 Å². The number of phenolic OH excluding ortho intramolecular Hbond substituents is 1. The summed E-state index contributed by atoms with van der Waals surface area (Å²) in [4.78, 5) is 0.791. The third kappa shape index (κ3) is 1.27. The summed E-state index contributed by atoms with van der Waals surface area (Å²) < 4.78 is 0. The smallest absolute Gasteiger partial charge is 0.120 e. The molecule has 1 aromatic carbocycles. The Hall–Kier alpha value is -1.14. The van der Waals surface area contributed by atoms with Crippen LogP contribution >= 0.6 is 12.6 Å². The molecule has 0 saturated heterocycles. The van der Waals surface area contributed by atoms with Crippen LogP contribution in [0.25, 0.3) is 0 Å². The number of hydrogen-bond donors (Lipinski definition) is 2. The van der Waals surface area contributed by atoms with E-state index in [2.05, 4.69) is 18.7 Å². The number of aromatic hydroxyl groups is 1. The lowest BCUT2D eigenvalue weighted by Crippen LogP contribution is -2.32. The molecule has 0 bridgehead atoms. The maximum atomic E-state index is 9.68. The van der Waals surface area contributed by atoms with Gasteiger partial charge in [0.25, 0.3) is 0 Å². The number of phenols is 1. The first kappa shape index (κ1) is 9.42. The minimum Gasteiger partial charge on any atom is -0.508 e. The van der Waals surface area contributed by atoms with E-state index in [0.717, 1.165) is 29.7 Å². The van der Waals surface area contributed by atoms with Crippen LogP contribution in [-0.2, 0) is 5.41 Å². The predicted octanol–water partition coefficient (Wildman–Crippen LogP) is 2.63. The maximum Gasteiger partial charge on any atom is 0.120 e. The Kier molecular flexibility index (Phi) is 2.16. The monoisotopic (exact) mass is 205 g/mol. The average molecular weight is 205 g/mol. The van der Waals surface area contributed by atoms with Crippen molar-refractivity contribution in [1.29, 1.82) is 5.26 Å². The van der Waals surface area contributed by atoms with Crippen molar-refractivity contribution in [3.05, 3.63) is 23.8 Å². The molecule has 1 fully saturated rings. The Balaban J connectivity index is 2.50. The van der Waals surface area contributed by atoms with E-state index in [-0.39, 0.29) is 5.75 Å². The molecule has 2 nitrogen and oxygen atoms in total. The highest BCUT2D eigenvalue weighted by molar-refractivity contribution is 7.80. The van der Waals surface area contributed by atoms with Crippen LogP contribution in [0, 0.1) is 11.3 Å². The van der Waals surface area contributed by atoms with Gasteiger partial charge in [-0.25, -0.2) is 0 Å². The second kappa shape index (κ2) is 3.21. The highest BCUT2D eigenvalue weighted by Gasteiger charge is 2.40. The number of hydrogen-bond acceptors (Lipinski definition) is 3. The van der Waals surface area contributed by atoms with Crippen molar-refractivity contribution in [1.82, 2.24) is 0 Å². The van der Waals surface area contributed by atoms with Gasteiger partial charge in [0.2, 0.25) is 0 Å². The van der Waals surface area contributed by atoms with E-state index < -0.39 is 5.41 Å². The lowest BCUT2D eigenvalue weighted by Gasteiger charge is -2.36. The lowest BCUT2D eigenvalue weighted by atomic mass is 9.65. The molecule has 1 aromatic rings. The van der Waals surface area contributed by atoms with Crippen LogP contribution in [0.3, 0.4) is 0 Å². The number of benzene rings is 1. The predicted molar refractivity (Wildman–Crippen MR) is 56.5 cm³/mol. The molecule has 0 atom stereocenters. The second-order valence-corrected chi connectivity index (χ2v) is 4.27. The van der Waals surface area contributed by atoms with Crippen LogP contribution < -0.4 is 0 Å². The summed E-state index contributed by atoms with van der Waals surface area (Å²) in [5, 5.41) is 18.8. The summed E-state index contributed by atoms with van der Waals surface area (Å²) in [7, 11) is 0. The van der Waals surface area contributed by atoms with Gasteiger partial charge in [-0.1, -0.05) is 0 Å². The molecule has 1 aliphatic rings.